The van der Waals surface area contributed by atoms with Gasteiger partial charge < -0.3 is 9.84 Å². The molecule has 1 saturated carbocycles. The van der Waals surface area contributed by atoms with Crippen LogP contribution in [-0.4, -0.2) is 15.4 Å². The summed E-state index contributed by atoms with van der Waals surface area (Å²) in [6, 6.07) is 8.75. The molecule has 1 aliphatic rings. The van der Waals surface area contributed by atoms with Gasteiger partial charge in [-0.05, 0) is 53.6 Å². The first kappa shape index (κ1) is 23.2. The van der Waals surface area contributed by atoms with E-state index in [9.17, 15) is 26.7 Å². The fourth-order valence-corrected chi connectivity index (χ4v) is 4.47. The van der Waals surface area contributed by atoms with Gasteiger partial charge in [0, 0.05) is 11.1 Å². The van der Waals surface area contributed by atoms with Crippen LogP contribution in [0.3, 0.4) is 0 Å². The molecule has 1 N–H and O–H groups in total. The summed E-state index contributed by atoms with van der Waals surface area (Å²) >= 11 is 0.251. The van der Waals surface area contributed by atoms with Crippen molar-refractivity contribution in [3.8, 4) is 17.0 Å². The summed E-state index contributed by atoms with van der Waals surface area (Å²) in [5, 5.41) is 9.00. The minimum atomic E-state index is -4.71. The summed E-state index contributed by atoms with van der Waals surface area (Å²) in [6.45, 7) is 1.20. The second kappa shape index (κ2) is 8.74. The molecule has 0 bridgehead atoms. The number of rotatable bonds is 7. The third-order valence-corrected chi connectivity index (χ3v) is 6.53. The molecule has 0 amide bonds. The van der Waals surface area contributed by atoms with Gasteiger partial charge in [-0.3, -0.25) is 4.79 Å². The molecule has 2 aromatic carbocycles. The SMILES string of the molecule is CCc1ccc(-c2nsc(C(F)(F)F)c2COc2c(F)cc(C3CC3C(=O)O)cc2F)cc1. The number of carbonyl (C=O) groups is 1. The van der Waals surface area contributed by atoms with Crippen molar-refractivity contribution >= 4 is 17.5 Å². The van der Waals surface area contributed by atoms with Gasteiger partial charge in [0.2, 0.25) is 0 Å². The first-order chi connectivity index (χ1) is 15.6. The summed E-state index contributed by atoms with van der Waals surface area (Å²) in [6.07, 6.45) is -3.69. The Morgan fingerprint density at radius 3 is 2.33 bits per heavy atom. The Morgan fingerprint density at radius 1 is 1.18 bits per heavy atom. The summed E-state index contributed by atoms with van der Waals surface area (Å²) in [7, 11) is 0. The van der Waals surface area contributed by atoms with Gasteiger partial charge in [-0.1, -0.05) is 31.2 Å². The number of halogens is 5. The van der Waals surface area contributed by atoms with Crippen LogP contribution in [0.4, 0.5) is 22.0 Å². The van der Waals surface area contributed by atoms with E-state index < -0.39 is 52.8 Å². The van der Waals surface area contributed by atoms with E-state index in [1.807, 2.05) is 6.92 Å². The van der Waals surface area contributed by atoms with Crippen LogP contribution in [0.5, 0.6) is 5.75 Å². The van der Waals surface area contributed by atoms with Crippen LogP contribution >= 0.6 is 11.5 Å². The number of hydrogen-bond acceptors (Lipinski definition) is 4. The predicted octanol–water partition coefficient (Wildman–Crippen LogP) is 6.44. The monoisotopic (exact) mass is 483 g/mol. The Labute approximate surface area is 189 Å². The Morgan fingerprint density at radius 2 is 1.82 bits per heavy atom. The molecule has 0 aliphatic heterocycles. The lowest BCUT2D eigenvalue weighted by molar-refractivity contribution is -0.138. The Hall–Kier alpha value is -3.01. The van der Waals surface area contributed by atoms with Crippen LogP contribution in [0, 0.1) is 17.6 Å². The maximum atomic E-state index is 14.5. The second-order valence-electron chi connectivity index (χ2n) is 7.78. The molecule has 33 heavy (non-hydrogen) atoms. The molecule has 1 aromatic heterocycles. The third kappa shape index (κ3) is 4.71. The van der Waals surface area contributed by atoms with Crippen molar-refractivity contribution < 1.29 is 36.6 Å². The molecule has 2 atom stereocenters. The summed E-state index contributed by atoms with van der Waals surface area (Å²) < 4.78 is 78.9. The smallest absolute Gasteiger partial charge is 0.427 e. The molecule has 3 aromatic rings. The standard InChI is InChI=1S/C23H18F5NO3S/c1-2-11-3-5-12(6-4-11)19-16(21(33-29-19)23(26,27)28)10-32-20-17(24)7-13(8-18(20)25)14-9-15(14)22(30)31/h3-8,14-15H,2,9-10H2,1H3,(H,30,31). The highest BCUT2D eigenvalue weighted by atomic mass is 32.1. The van der Waals surface area contributed by atoms with Gasteiger partial charge in [0.1, 0.15) is 11.5 Å². The van der Waals surface area contributed by atoms with Crippen LogP contribution < -0.4 is 4.74 Å². The zero-order chi connectivity index (χ0) is 23.9. The fraction of sp³-hybridized carbons (Fsp3) is 0.304. The molecule has 0 radical (unpaired) electrons. The van der Waals surface area contributed by atoms with Gasteiger partial charge in [-0.2, -0.15) is 17.5 Å². The number of benzene rings is 2. The zero-order valence-corrected chi connectivity index (χ0v) is 18.1. The van der Waals surface area contributed by atoms with Gasteiger partial charge in [0.15, 0.2) is 17.4 Å². The normalized spacial score (nSPS) is 17.8. The van der Waals surface area contributed by atoms with Crippen LogP contribution in [-0.2, 0) is 24.0 Å². The quantitative estimate of drug-likeness (QED) is 0.393. The average Bonchev–Trinajstić information content (AvgIpc) is 3.45. The maximum absolute atomic E-state index is 14.5. The van der Waals surface area contributed by atoms with Gasteiger partial charge in [-0.15, -0.1) is 0 Å². The molecular formula is C23H18F5NO3S. The second-order valence-corrected chi connectivity index (χ2v) is 8.55. The fourth-order valence-electron chi connectivity index (χ4n) is 3.70. The first-order valence-corrected chi connectivity index (χ1v) is 10.9. The van der Waals surface area contributed by atoms with E-state index in [2.05, 4.69) is 4.37 Å². The van der Waals surface area contributed by atoms with E-state index in [0.29, 0.717) is 5.56 Å². The molecule has 1 heterocycles. The van der Waals surface area contributed by atoms with Crippen molar-refractivity contribution in [3.63, 3.8) is 0 Å². The van der Waals surface area contributed by atoms with Crippen LogP contribution in [0.2, 0.25) is 0 Å². The number of carboxylic acid groups (broad SMARTS) is 1. The number of aliphatic carboxylic acids is 1. The van der Waals surface area contributed by atoms with Gasteiger partial charge in [-0.25, -0.2) is 8.78 Å². The van der Waals surface area contributed by atoms with Crippen molar-refractivity contribution in [3.05, 3.63) is 69.6 Å². The van der Waals surface area contributed by atoms with Crippen molar-refractivity contribution in [2.75, 3.05) is 0 Å². The maximum Gasteiger partial charge on any atom is 0.427 e. The topological polar surface area (TPSA) is 59.4 Å². The van der Waals surface area contributed by atoms with Gasteiger partial charge in [0.25, 0.3) is 0 Å². The van der Waals surface area contributed by atoms with Crippen molar-refractivity contribution in [2.24, 2.45) is 5.92 Å². The molecule has 10 heteroatoms. The largest absolute Gasteiger partial charge is 0.483 e. The highest BCUT2D eigenvalue weighted by Gasteiger charge is 2.45. The lowest BCUT2D eigenvalue weighted by atomic mass is 10.0. The van der Waals surface area contributed by atoms with E-state index >= 15 is 0 Å². The average molecular weight is 483 g/mol. The summed E-state index contributed by atoms with van der Waals surface area (Å²) in [5.74, 6) is -5.29. The number of aryl methyl sites for hydroxylation is 1. The molecule has 1 aliphatic carbocycles. The molecule has 1 fully saturated rings. The summed E-state index contributed by atoms with van der Waals surface area (Å²) in [5.41, 5.74) is 1.33. The van der Waals surface area contributed by atoms with Crippen molar-refractivity contribution in [1.29, 1.82) is 0 Å². The zero-order valence-electron chi connectivity index (χ0n) is 17.2. The van der Waals surface area contributed by atoms with E-state index in [0.717, 1.165) is 24.1 Å². The minimum Gasteiger partial charge on any atom is -0.483 e. The number of hydrogen-bond donors (Lipinski definition) is 1. The summed E-state index contributed by atoms with van der Waals surface area (Å²) in [4.78, 5) is 10.0. The van der Waals surface area contributed by atoms with E-state index in [-0.39, 0.29) is 34.8 Å². The molecule has 0 spiro atoms. The highest BCUT2D eigenvalue weighted by molar-refractivity contribution is 7.06. The molecule has 4 nitrogen and oxygen atoms in total. The Kier molecular flexibility index (Phi) is 6.13. The predicted molar refractivity (Wildman–Crippen MR) is 111 cm³/mol. The Bertz CT molecular complexity index is 1170. The number of nitrogens with zero attached hydrogens (tertiary/aromatic N) is 1. The molecule has 174 valence electrons. The third-order valence-electron chi connectivity index (χ3n) is 5.60. The molecule has 4 rings (SSSR count). The van der Waals surface area contributed by atoms with E-state index in [1.54, 1.807) is 24.3 Å². The number of alkyl halides is 3. The van der Waals surface area contributed by atoms with Crippen LogP contribution in [0.1, 0.15) is 40.8 Å². The first-order valence-electron chi connectivity index (χ1n) is 10.1. The lowest BCUT2D eigenvalue weighted by Gasteiger charge is -2.13. The number of aromatic nitrogens is 1. The number of carboxylic acids is 1. The van der Waals surface area contributed by atoms with E-state index in [1.165, 1.54) is 0 Å². The van der Waals surface area contributed by atoms with Crippen molar-refractivity contribution in [2.45, 2.75) is 38.5 Å². The van der Waals surface area contributed by atoms with Crippen LogP contribution in [0.25, 0.3) is 11.3 Å². The van der Waals surface area contributed by atoms with Gasteiger partial charge in [0.05, 0.1) is 11.6 Å². The molecule has 0 saturated heterocycles. The highest BCUT2D eigenvalue weighted by Crippen LogP contribution is 2.48. The van der Waals surface area contributed by atoms with E-state index in [4.69, 9.17) is 9.84 Å². The van der Waals surface area contributed by atoms with Crippen LogP contribution in [0.15, 0.2) is 36.4 Å². The van der Waals surface area contributed by atoms with Gasteiger partial charge >= 0.3 is 12.1 Å². The molecular weight excluding hydrogens is 465 g/mol. The van der Waals surface area contributed by atoms with Crippen molar-refractivity contribution in [1.82, 2.24) is 4.37 Å². The molecule has 2 unspecified atom stereocenters. The lowest BCUT2D eigenvalue weighted by Crippen LogP contribution is -2.09. The minimum absolute atomic E-state index is 0.0368. The Balaban J connectivity index is 1.62. The number of ether oxygens (including phenoxy) is 1.